The normalized spacial score (nSPS) is 18.2. The molecule has 1 aromatic carbocycles. The van der Waals surface area contributed by atoms with E-state index in [1.54, 1.807) is 0 Å². The van der Waals surface area contributed by atoms with Crippen LogP contribution in [0.15, 0.2) is 18.2 Å². The molecule has 6 nitrogen and oxygen atoms in total. The zero-order valence-corrected chi connectivity index (χ0v) is 12.8. The molecule has 1 heterocycles. The predicted molar refractivity (Wildman–Crippen MR) is 60.6 cm³/mol. The van der Waals surface area contributed by atoms with Crippen molar-refractivity contribution < 1.29 is 52.2 Å². The summed E-state index contributed by atoms with van der Waals surface area (Å²) in [7, 11) is 0. The summed E-state index contributed by atoms with van der Waals surface area (Å²) in [6.45, 7) is 0. The minimum absolute atomic E-state index is 0. The molecule has 1 aromatic rings. The van der Waals surface area contributed by atoms with E-state index in [-0.39, 0.29) is 62.8 Å². The summed E-state index contributed by atoms with van der Waals surface area (Å²) in [4.78, 5) is 34.1. The maximum Gasteiger partial charge on any atom is 0.248 e. The molecule has 1 saturated heterocycles. The maximum atomic E-state index is 11.8. The van der Waals surface area contributed by atoms with Gasteiger partial charge in [0.2, 0.25) is 11.8 Å². The Labute approximate surface area is 134 Å². The van der Waals surface area contributed by atoms with Gasteiger partial charge in [0, 0.05) is 44.9 Å². The van der Waals surface area contributed by atoms with Crippen LogP contribution in [0.1, 0.15) is 23.2 Å². The molecule has 1 unspecified atom stereocenters. The van der Waals surface area contributed by atoms with Gasteiger partial charge in [-0.1, -0.05) is 11.6 Å². The number of nitrogens with one attached hydrogen (secondary N) is 2. The molecule has 0 spiro atoms. The van der Waals surface area contributed by atoms with Gasteiger partial charge in [-0.2, -0.15) is 0 Å². The number of imide groups is 1. The van der Waals surface area contributed by atoms with Crippen molar-refractivity contribution in [3.05, 3.63) is 29.8 Å². The molecule has 2 rings (SSSR count). The topological polar surface area (TPSA) is 95.5 Å². The molecule has 19 heavy (non-hydrogen) atoms. The zero-order chi connectivity index (χ0) is 13.1. The van der Waals surface area contributed by atoms with Crippen LogP contribution >= 0.6 is 0 Å². The van der Waals surface area contributed by atoms with E-state index >= 15 is 0 Å². The first-order chi connectivity index (χ1) is 8.56. The minimum Gasteiger partial charge on any atom is -0.528 e. The average Bonchev–Trinajstić information content (AvgIpc) is 2.32. The van der Waals surface area contributed by atoms with Crippen molar-refractivity contribution in [2.75, 3.05) is 0 Å². The minimum atomic E-state index is -0.731. The SMILES string of the molecule is O=C1CCC(NC(=O)c2[c-]c(O)ccc2)C(=O)N1.[Y]. The molecule has 7 heteroatoms. The molecule has 1 fully saturated rings. The van der Waals surface area contributed by atoms with Crippen molar-refractivity contribution in [1.82, 2.24) is 10.6 Å². The summed E-state index contributed by atoms with van der Waals surface area (Å²) in [5, 5.41) is 13.8. The van der Waals surface area contributed by atoms with E-state index in [0.29, 0.717) is 0 Å². The van der Waals surface area contributed by atoms with Crippen LogP contribution in [-0.2, 0) is 42.3 Å². The Morgan fingerprint density at radius 2 is 2.16 bits per heavy atom. The van der Waals surface area contributed by atoms with Crippen LogP contribution in [-0.4, -0.2) is 28.9 Å². The fraction of sp³-hybridized carbons (Fsp3) is 0.250. The second kappa shape index (κ2) is 6.77. The second-order valence-corrected chi connectivity index (χ2v) is 3.93. The van der Waals surface area contributed by atoms with E-state index in [9.17, 15) is 19.5 Å². The van der Waals surface area contributed by atoms with Gasteiger partial charge in [-0.15, -0.1) is 18.2 Å². The van der Waals surface area contributed by atoms with E-state index in [4.69, 9.17) is 0 Å². The van der Waals surface area contributed by atoms with Crippen molar-refractivity contribution >= 4 is 17.7 Å². The molecule has 1 aliphatic heterocycles. The van der Waals surface area contributed by atoms with Crippen LogP contribution < -0.4 is 10.6 Å². The quantitative estimate of drug-likeness (QED) is 0.512. The van der Waals surface area contributed by atoms with Crippen LogP contribution in [0.5, 0.6) is 5.75 Å². The summed E-state index contributed by atoms with van der Waals surface area (Å²) in [6, 6.07) is 6.10. The van der Waals surface area contributed by atoms with Gasteiger partial charge in [0.15, 0.2) is 5.91 Å². The van der Waals surface area contributed by atoms with Crippen molar-refractivity contribution in [2.24, 2.45) is 0 Å². The third-order valence-electron chi connectivity index (χ3n) is 2.57. The van der Waals surface area contributed by atoms with Gasteiger partial charge in [-0.3, -0.25) is 14.9 Å². The van der Waals surface area contributed by atoms with Crippen LogP contribution in [0.4, 0.5) is 0 Å². The Morgan fingerprint density at radius 3 is 2.79 bits per heavy atom. The Balaban J connectivity index is 0.00000180. The Hall–Kier alpha value is -1.27. The Morgan fingerprint density at radius 1 is 1.42 bits per heavy atom. The van der Waals surface area contributed by atoms with Crippen LogP contribution in [0.3, 0.4) is 0 Å². The standard InChI is InChI=1S/C12H11N2O4.Y/c15-8-3-1-2-7(6-8)11(17)13-9-4-5-10(16)14-12(9)18;/h1-3,9,15H,4-5H2,(H,13,17)(H,14,16,18);/q-1;. The first-order valence-electron chi connectivity index (χ1n) is 5.42. The number of hydrogen-bond donors (Lipinski definition) is 3. The average molecular weight is 336 g/mol. The number of phenolic OH excluding ortho intramolecular Hbond substituents is 1. The summed E-state index contributed by atoms with van der Waals surface area (Å²) < 4.78 is 0. The molecular formula is C12H11N2O4Y-. The van der Waals surface area contributed by atoms with E-state index in [1.807, 2.05) is 0 Å². The van der Waals surface area contributed by atoms with Crippen molar-refractivity contribution in [1.29, 1.82) is 0 Å². The number of carbonyl (C=O) groups is 3. The molecule has 0 saturated carbocycles. The monoisotopic (exact) mass is 336 g/mol. The number of piperidine rings is 1. The van der Waals surface area contributed by atoms with Crippen molar-refractivity contribution in [3.63, 3.8) is 0 Å². The summed E-state index contributed by atoms with van der Waals surface area (Å²) in [6.07, 6.45) is 0.468. The van der Waals surface area contributed by atoms with Crippen molar-refractivity contribution in [3.8, 4) is 5.75 Å². The molecule has 3 N–H and O–H groups in total. The van der Waals surface area contributed by atoms with Gasteiger partial charge in [0.05, 0.1) is 0 Å². The first kappa shape index (κ1) is 15.8. The second-order valence-electron chi connectivity index (χ2n) is 3.93. The molecule has 1 atom stereocenters. The number of amides is 3. The maximum absolute atomic E-state index is 11.8. The number of aromatic hydroxyl groups is 1. The zero-order valence-electron chi connectivity index (χ0n) is 9.97. The summed E-state index contributed by atoms with van der Waals surface area (Å²) in [5.74, 6) is -1.51. The van der Waals surface area contributed by atoms with Crippen molar-refractivity contribution in [2.45, 2.75) is 18.9 Å². The molecule has 1 radical (unpaired) electrons. The number of benzene rings is 1. The van der Waals surface area contributed by atoms with E-state index in [0.717, 1.165) is 0 Å². The van der Waals surface area contributed by atoms with Gasteiger partial charge in [-0.05, 0) is 6.42 Å². The molecule has 0 aromatic heterocycles. The Bertz CT molecular complexity index is 518. The number of rotatable bonds is 2. The van der Waals surface area contributed by atoms with Gasteiger partial charge in [0.1, 0.15) is 6.04 Å². The van der Waals surface area contributed by atoms with Gasteiger partial charge >= 0.3 is 0 Å². The smallest absolute Gasteiger partial charge is 0.248 e. The molecule has 3 amide bonds. The van der Waals surface area contributed by atoms with Crippen LogP contribution in [0.25, 0.3) is 0 Å². The Kier molecular flexibility index (Phi) is 5.63. The molecule has 0 aliphatic carbocycles. The first-order valence-corrected chi connectivity index (χ1v) is 5.42. The van der Waals surface area contributed by atoms with Crippen LogP contribution in [0, 0.1) is 6.07 Å². The van der Waals surface area contributed by atoms with Crippen LogP contribution in [0.2, 0.25) is 0 Å². The third-order valence-corrected chi connectivity index (χ3v) is 2.57. The summed E-state index contributed by atoms with van der Waals surface area (Å²) in [5.41, 5.74) is 0.139. The number of carbonyl (C=O) groups excluding carboxylic acids is 3. The van der Waals surface area contributed by atoms with Gasteiger partial charge in [-0.25, -0.2) is 0 Å². The van der Waals surface area contributed by atoms with E-state index in [2.05, 4.69) is 16.7 Å². The predicted octanol–water partition coefficient (Wildman–Crippen LogP) is -0.275. The van der Waals surface area contributed by atoms with Gasteiger partial charge in [0.25, 0.3) is 0 Å². The number of hydrogen-bond acceptors (Lipinski definition) is 4. The molecular weight excluding hydrogens is 325 g/mol. The largest absolute Gasteiger partial charge is 0.528 e. The summed E-state index contributed by atoms with van der Waals surface area (Å²) >= 11 is 0. The molecule has 97 valence electrons. The molecule has 0 bridgehead atoms. The number of phenols is 1. The molecule has 1 aliphatic rings. The fourth-order valence-corrected chi connectivity index (χ4v) is 1.66. The van der Waals surface area contributed by atoms with E-state index < -0.39 is 17.9 Å². The van der Waals surface area contributed by atoms with E-state index in [1.165, 1.54) is 18.2 Å². The third kappa shape index (κ3) is 4.11. The van der Waals surface area contributed by atoms with Gasteiger partial charge < -0.3 is 15.2 Å². The fourth-order valence-electron chi connectivity index (χ4n) is 1.66.